The maximum Gasteiger partial charge on any atom is 0.136 e. The Hall–Kier alpha value is -4.88. The van der Waals surface area contributed by atoms with Crippen molar-refractivity contribution in [2.45, 2.75) is 6.92 Å². The molecule has 8 rings (SSSR count). The lowest BCUT2D eigenvalue weighted by Gasteiger charge is -2.17. The first-order chi connectivity index (χ1) is 22.1. The number of hydrogen-bond donors (Lipinski definition) is 0. The van der Waals surface area contributed by atoms with E-state index >= 15 is 0 Å². The van der Waals surface area contributed by atoms with Gasteiger partial charge < -0.3 is 4.42 Å². The number of furan rings is 1. The van der Waals surface area contributed by atoms with Crippen molar-refractivity contribution in [1.29, 1.82) is 0 Å². The molecule has 1 aromatic heterocycles. The van der Waals surface area contributed by atoms with Gasteiger partial charge in [0, 0.05) is 10.8 Å². The van der Waals surface area contributed by atoms with E-state index in [4.69, 9.17) is 15.4 Å². The molecule has 0 fully saturated rings. The van der Waals surface area contributed by atoms with Crippen molar-refractivity contribution >= 4 is 54.3 Å². The summed E-state index contributed by atoms with van der Waals surface area (Å²) in [5.41, 5.74) is 4.23. The monoisotopic (exact) mass is 492 g/mol. The van der Waals surface area contributed by atoms with E-state index in [0.717, 1.165) is 27.1 Å². The van der Waals surface area contributed by atoms with Crippen LogP contribution in [0, 0.1) is 6.92 Å². The van der Waals surface area contributed by atoms with Crippen molar-refractivity contribution in [3.05, 3.63) is 133 Å². The number of rotatable bonds is 2. The molecule has 38 heavy (non-hydrogen) atoms. The summed E-state index contributed by atoms with van der Waals surface area (Å²) in [7, 11) is 0. The summed E-state index contributed by atoms with van der Waals surface area (Å²) in [6, 6.07) is 21.9. The van der Waals surface area contributed by atoms with Crippen molar-refractivity contribution < 1.29 is 15.4 Å². The first kappa shape index (κ1) is 14.8. The van der Waals surface area contributed by atoms with Crippen LogP contribution in [0.25, 0.3) is 76.5 Å². The zero-order valence-corrected chi connectivity index (χ0v) is 20.4. The standard InChI is InChI=1S/C37H24O/c1-23-15-16-25-22-35-33(21-27(25)19-23)32-20-26(17-18-34(32)38-35)37-30-13-7-5-11-28(30)36(24-9-3-2-4-10-24)29-12-6-8-14-31(29)37/h2-22H,1H3/i5D,6D,7D,8D,11D,12D,13D,14D. The van der Waals surface area contributed by atoms with Crippen LogP contribution in [-0.2, 0) is 0 Å². The predicted octanol–water partition coefficient (Wildman–Crippen LogP) is 10.7. The quantitative estimate of drug-likeness (QED) is 0.219. The average Bonchev–Trinajstić information content (AvgIpc) is 3.42. The fourth-order valence-electron chi connectivity index (χ4n) is 5.60. The van der Waals surface area contributed by atoms with Gasteiger partial charge in [-0.2, -0.15) is 0 Å². The van der Waals surface area contributed by atoms with Crippen LogP contribution >= 0.6 is 0 Å². The SMILES string of the molecule is [2H]c1c([2H])c([2H])c2c(-c3ccc4oc5cc6ccc(C)cc6cc5c4c3)c3c([2H])c([2H])c([2H])c([2H])c3c(-c3ccccc3)c2c1[2H]. The minimum atomic E-state index is -0.422. The van der Waals surface area contributed by atoms with Crippen LogP contribution in [0.1, 0.15) is 16.5 Å². The van der Waals surface area contributed by atoms with E-state index in [0.29, 0.717) is 33.4 Å². The fourth-order valence-corrected chi connectivity index (χ4v) is 5.60. The molecule has 0 bridgehead atoms. The van der Waals surface area contributed by atoms with Gasteiger partial charge in [0.25, 0.3) is 0 Å². The van der Waals surface area contributed by atoms with E-state index in [2.05, 4.69) is 18.2 Å². The molecule has 0 radical (unpaired) electrons. The normalized spacial score (nSPS) is 14.8. The molecule has 0 saturated heterocycles. The van der Waals surface area contributed by atoms with Crippen LogP contribution in [0.4, 0.5) is 0 Å². The Morgan fingerprint density at radius 1 is 0.500 bits per heavy atom. The number of hydrogen-bond acceptors (Lipinski definition) is 1. The molecule has 0 spiro atoms. The van der Waals surface area contributed by atoms with E-state index in [1.807, 2.05) is 31.2 Å². The molecule has 1 nitrogen and oxygen atoms in total. The summed E-state index contributed by atoms with van der Waals surface area (Å²) in [6.07, 6.45) is 0. The van der Waals surface area contributed by atoms with Gasteiger partial charge in [0.15, 0.2) is 0 Å². The van der Waals surface area contributed by atoms with Gasteiger partial charge in [0.05, 0.1) is 11.0 Å². The van der Waals surface area contributed by atoms with E-state index in [1.54, 1.807) is 36.4 Å². The molecule has 1 heterocycles. The number of benzene rings is 7. The summed E-state index contributed by atoms with van der Waals surface area (Å²) in [5, 5.41) is 4.52. The van der Waals surface area contributed by atoms with Crippen LogP contribution in [0.3, 0.4) is 0 Å². The molecular weight excluding hydrogens is 460 g/mol. The van der Waals surface area contributed by atoms with E-state index in [9.17, 15) is 0 Å². The van der Waals surface area contributed by atoms with Gasteiger partial charge in [-0.1, -0.05) is 109 Å². The minimum absolute atomic E-state index is 0.190. The predicted molar refractivity (Wildman–Crippen MR) is 162 cm³/mol. The maximum atomic E-state index is 9.14. The molecule has 0 atom stereocenters. The van der Waals surface area contributed by atoms with Gasteiger partial charge in [0.2, 0.25) is 0 Å². The molecule has 0 aliphatic carbocycles. The summed E-state index contributed by atoms with van der Waals surface area (Å²) in [4.78, 5) is 0. The lowest BCUT2D eigenvalue weighted by molar-refractivity contribution is 0.669. The fraction of sp³-hybridized carbons (Fsp3) is 0.0270. The summed E-state index contributed by atoms with van der Waals surface area (Å²) < 4.78 is 77.1. The first-order valence-corrected chi connectivity index (χ1v) is 12.4. The van der Waals surface area contributed by atoms with Gasteiger partial charge in [-0.25, -0.2) is 0 Å². The van der Waals surface area contributed by atoms with Gasteiger partial charge in [0.1, 0.15) is 11.2 Å². The molecule has 8 aromatic rings. The van der Waals surface area contributed by atoms with Crippen molar-refractivity contribution in [2.75, 3.05) is 0 Å². The lowest BCUT2D eigenvalue weighted by atomic mass is 9.86. The second-order valence-corrected chi connectivity index (χ2v) is 9.63. The Labute approximate surface area is 231 Å². The topological polar surface area (TPSA) is 13.1 Å². The Bertz CT molecular complexity index is 2540. The van der Waals surface area contributed by atoms with Crippen molar-refractivity contribution in [3.63, 3.8) is 0 Å². The third-order valence-corrected chi connectivity index (χ3v) is 7.31. The van der Waals surface area contributed by atoms with E-state index < -0.39 is 24.2 Å². The molecule has 0 saturated carbocycles. The molecule has 0 aliphatic rings. The minimum Gasteiger partial charge on any atom is -0.456 e. The molecule has 1 heteroatoms. The van der Waals surface area contributed by atoms with Crippen LogP contribution < -0.4 is 0 Å². The smallest absolute Gasteiger partial charge is 0.136 e. The highest BCUT2D eigenvalue weighted by Crippen LogP contribution is 2.44. The van der Waals surface area contributed by atoms with Crippen LogP contribution in [0.15, 0.2) is 132 Å². The zero-order valence-electron chi connectivity index (χ0n) is 28.4. The van der Waals surface area contributed by atoms with Crippen molar-refractivity contribution in [1.82, 2.24) is 0 Å². The first-order valence-electron chi connectivity index (χ1n) is 16.4. The third kappa shape index (κ3) is 3.12. The molecule has 7 aromatic carbocycles. The highest BCUT2D eigenvalue weighted by molar-refractivity contribution is 6.22. The Morgan fingerprint density at radius 2 is 1.13 bits per heavy atom. The van der Waals surface area contributed by atoms with Crippen LogP contribution in [-0.4, -0.2) is 0 Å². The summed E-state index contributed by atoms with van der Waals surface area (Å²) in [5.74, 6) is 0. The van der Waals surface area contributed by atoms with Gasteiger partial charge in [-0.3, -0.25) is 0 Å². The highest BCUT2D eigenvalue weighted by atomic mass is 16.3. The van der Waals surface area contributed by atoms with E-state index in [-0.39, 0.29) is 45.7 Å². The van der Waals surface area contributed by atoms with Crippen molar-refractivity contribution in [2.24, 2.45) is 0 Å². The molecule has 0 aliphatic heterocycles. The second-order valence-electron chi connectivity index (χ2n) is 9.63. The molecule has 178 valence electrons. The van der Waals surface area contributed by atoms with Crippen molar-refractivity contribution in [3.8, 4) is 22.3 Å². The summed E-state index contributed by atoms with van der Waals surface area (Å²) in [6.45, 7) is 2.04. The lowest BCUT2D eigenvalue weighted by Crippen LogP contribution is -1.90. The zero-order chi connectivity index (χ0) is 32.2. The molecular formula is C37H24O. The van der Waals surface area contributed by atoms with E-state index in [1.165, 1.54) is 0 Å². The van der Waals surface area contributed by atoms with Crippen LogP contribution in [0.2, 0.25) is 0 Å². The average molecular weight is 493 g/mol. The largest absolute Gasteiger partial charge is 0.456 e. The molecule has 0 amide bonds. The Balaban J connectivity index is 1.62. The Kier molecular flexibility index (Phi) is 3.13. The summed E-state index contributed by atoms with van der Waals surface area (Å²) >= 11 is 0. The molecule has 0 unspecified atom stereocenters. The van der Waals surface area contributed by atoms with Gasteiger partial charge in [-0.15, -0.1) is 0 Å². The van der Waals surface area contributed by atoms with Gasteiger partial charge in [-0.05, 0) is 85.8 Å². The number of fused-ring (bicyclic) bond motifs is 6. The van der Waals surface area contributed by atoms with Crippen LogP contribution in [0.5, 0.6) is 0 Å². The third-order valence-electron chi connectivity index (χ3n) is 7.31. The highest BCUT2D eigenvalue weighted by Gasteiger charge is 2.17. The maximum absolute atomic E-state index is 9.14. The second kappa shape index (κ2) is 8.06. The van der Waals surface area contributed by atoms with Gasteiger partial charge >= 0.3 is 0 Å². The number of aryl methyl sites for hydroxylation is 1. The molecule has 0 N–H and O–H groups in total. The Morgan fingerprint density at radius 3 is 1.82 bits per heavy atom.